The van der Waals surface area contributed by atoms with Gasteiger partial charge in [0.05, 0.1) is 0 Å². The maximum absolute atomic E-state index is 10.8. The lowest BCUT2D eigenvalue weighted by Crippen LogP contribution is -2.36. The second kappa shape index (κ2) is 5.02. The summed E-state index contributed by atoms with van der Waals surface area (Å²) in [4.78, 5) is 10.8. The minimum absolute atomic E-state index is 0.0906. The van der Waals surface area contributed by atoms with Crippen molar-refractivity contribution in [2.75, 3.05) is 0 Å². The molecule has 3 heteroatoms. The predicted molar refractivity (Wildman–Crippen MR) is 69.9 cm³/mol. The second-order valence-electron chi connectivity index (χ2n) is 4.22. The molecule has 1 aliphatic carbocycles. The summed E-state index contributed by atoms with van der Waals surface area (Å²) in [5.74, 6) is -1.22. The van der Waals surface area contributed by atoms with Crippen LogP contribution in [0.4, 0.5) is 0 Å². The highest BCUT2D eigenvalue weighted by Crippen LogP contribution is 2.22. The van der Waals surface area contributed by atoms with E-state index in [0.29, 0.717) is 0 Å². The van der Waals surface area contributed by atoms with Crippen LogP contribution >= 0.6 is 0 Å². The van der Waals surface area contributed by atoms with Gasteiger partial charge in [-0.1, -0.05) is 54.6 Å². The van der Waals surface area contributed by atoms with Gasteiger partial charge in [-0.15, -0.1) is 0 Å². The molecule has 0 heterocycles. The highest BCUT2D eigenvalue weighted by molar-refractivity contribution is 5.81. The molecule has 1 unspecified atom stereocenters. The van der Waals surface area contributed by atoms with E-state index in [1.807, 2.05) is 42.5 Å². The molecule has 0 saturated heterocycles. The summed E-state index contributed by atoms with van der Waals surface area (Å²) in [6.45, 7) is 0. The van der Waals surface area contributed by atoms with Gasteiger partial charge in [-0.25, -0.2) is 4.79 Å². The molecular weight excluding hydrogens is 228 g/mol. The Labute approximate surface area is 105 Å². The largest absolute Gasteiger partial charge is 0.479 e. The first kappa shape index (κ1) is 12.3. The number of carboxylic acids is 1. The third-order valence-corrected chi connectivity index (χ3v) is 2.84. The monoisotopic (exact) mass is 242 g/mol. The van der Waals surface area contributed by atoms with Gasteiger partial charge in [-0.05, 0) is 17.2 Å². The smallest absolute Gasteiger partial charge is 0.340 e. The van der Waals surface area contributed by atoms with Gasteiger partial charge in [0.25, 0.3) is 0 Å². The third kappa shape index (κ3) is 2.76. The highest BCUT2D eigenvalue weighted by Gasteiger charge is 2.33. The number of rotatable bonds is 3. The molecule has 1 atom stereocenters. The maximum Gasteiger partial charge on any atom is 0.340 e. The topological polar surface area (TPSA) is 57.5 Å². The SMILES string of the molecule is O=C(O)C1(O)C=CC(C=Cc2ccccc2)=CC1. The summed E-state index contributed by atoms with van der Waals surface area (Å²) in [5.41, 5.74) is 0.208. The van der Waals surface area contributed by atoms with Gasteiger partial charge in [0.15, 0.2) is 5.60 Å². The van der Waals surface area contributed by atoms with Crippen molar-refractivity contribution in [3.05, 3.63) is 65.8 Å². The van der Waals surface area contributed by atoms with Crippen LogP contribution in [0.5, 0.6) is 0 Å². The first-order chi connectivity index (χ1) is 8.60. The zero-order valence-corrected chi connectivity index (χ0v) is 9.78. The van der Waals surface area contributed by atoms with E-state index >= 15 is 0 Å². The van der Waals surface area contributed by atoms with Crippen molar-refractivity contribution in [2.45, 2.75) is 12.0 Å². The van der Waals surface area contributed by atoms with Gasteiger partial charge in [0, 0.05) is 6.42 Å². The molecule has 3 nitrogen and oxygen atoms in total. The summed E-state index contributed by atoms with van der Waals surface area (Å²) in [6.07, 6.45) is 8.59. The molecule has 0 spiro atoms. The summed E-state index contributed by atoms with van der Waals surface area (Å²) in [6, 6.07) is 9.82. The third-order valence-electron chi connectivity index (χ3n) is 2.84. The van der Waals surface area contributed by atoms with Crippen LogP contribution in [0.15, 0.2) is 60.2 Å². The van der Waals surface area contributed by atoms with Crippen LogP contribution in [0.3, 0.4) is 0 Å². The van der Waals surface area contributed by atoms with E-state index in [2.05, 4.69) is 0 Å². The van der Waals surface area contributed by atoms with Gasteiger partial charge in [-0.3, -0.25) is 0 Å². The molecule has 1 aromatic carbocycles. The molecule has 0 saturated carbocycles. The number of hydrogen-bond donors (Lipinski definition) is 2. The number of carboxylic acid groups (broad SMARTS) is 1. The van der Waals surface area contributed by atoms with Crippen LogP contribution in [0, 0.1) is 0 Å². The van der Waals surface area contributed by atoms with Crippen molar-refractivity contribution >= 4 is 12.0 Å². The summed E-state index contributed by atoms with van der Waals surface area (Å²) < 4.78 is 0. The fourth-order valence-electron chi connectivity index (χ4n) is 1.68. The summed E-state index contributed by atoms with van der Waals surface area (Å²) in [7, 11) is 0. The summed E-state index contributed by atoms with van der Waals surface area (Å²) in [5, 5.41) is 18.5. The Balaban J connectivity index is 2.07. The van der Waals surface area contributed by atoms with Crippen molar-refractivity contribution < 1.29 is 15.0 Å². The fourth-order valence-corrected chi connectivity index (χ4v) is 1.68. The number of aliphatic carboxylic acids is 1. The van der Waals surface area contributed by atoms with Gasteiger partial charge < -0.3 is 10.2 Å². The second-order valence-corrected chi connectivity index (χ2v) is 4.22. The normalized spacial score (nSPS) is 23.1. The number of carbonyl (C=O) groups is 1. The number of allylic oxidation sites excluding steroid dienone is 3. The zero-order valence-electron chi connectivity index (χ0n) is 9.78. The van der Waals surface area contributed by atoms with Crippen LogP contribution < -0.4 is 0 Å². The van der Waals surface area contributed by atoms with Crippen molar-refractivity contribution in [1.82, 2.24) is 0 Å². The molecule has 1 aliphatic rings. The minimum Gasteiger partial charge on any atom is -0.479 e. The molecule has 92 valence electrons. The highest BCUT2D eigenvalue weighted by atomic mass is 16.4. The molecule has 0 radical (unpaired) electrons. The van der Waals surface area contributed by atoms with Gasteiger partial charge in [-0.2, -0.15) is 0 Å². The van der Waals surface area contributed by atoms with Crippen molar-refractivity contribution in [3.8, 4) is 0 Å². The number of hydrogen-bond acceptors (Lipinski definition) is 2. The lowest BCUT2D eigenvalue weighted by Gasteiger charge is -2.20. The Morgan fingerprint density at radius 1 is 1.22 bits per heavy atom. The van der Waals surface area contributed by atoms with E-state index in [9.17, 15) is 9.90 Å². The first-order valence-electron chi connectivity index (χ1n) is 5.68. The fraction of sp³-hybridized carbons (Fsp3) is 0.133. The van der Waals surface area contributed by atoms with E-state index in [4.69, 9.17) is 5.11 Å². The van der Waals surface area contributed by atoms with E-state index in [0.717, 1.165) is 11.1 Å². The van der Waals surface area contributed by atoms with Crippen LogP contribution in [0.2, 0.25) is 0 Å². The molecule has 0 aliphatic heterocycles. The quantitative estimate of drug-likeness (QED) is 0.855. The Morgan fingerprint density at radius 3 is 2.50 bits per heavy atom. The Hall–Kier alpha value is -2.13. The van der Waals surface area contributed by atoms with Crippen LogP contribution in [-0.4, -0.2) is 21.8 Å². The molecule has 0 amide bonds. The Bertz CT molecular complexity index is 526. The van der Waals surface area contributed by atoms with Crippen molar-refractivity contribution in [2.24, 2.45) is 0 Å². The van der Waals surface area contributed by atoms with Crippen LogP contribution in [0.1, 0.15) is 12.0 Å². The lowest BCUT2D eigenvalue weighted by atomic mass is 9.92. The van der Waals surface area contributed by atoms with E-state index in [-0.39, 0.29) is 6.42 Å². The molecule has 0 bridgehead atoms. The molecule has 2 rings (SSSR count). The Kier molecular flexibility index (Phi) is 3.44. The van der Waals surface area contributed by atoms with Crippen molar-refractivity contribution in [1.29, 1.82) is 0 Å². The van der Waals surface area contributed by atoms with Crippen molar-refractivity contribution in [3.63, 3.8) is 0 Å². The number of benzene rings is 1. The lowest BCUT2D eigenvalue weighted by molar-refractivity contribution is -0.153. The molecular formula is C15H14O3. The minimum atomic E-state index is -1.76. The van der Waals surface area contributed by atoms with Gasteiger partial charge in [0.2, 0.25) is 0 Å². The average molecular weight is 242 g/mol. The van der Waals surface area contributed by atoms with E-state index < -0.39 is 11.6 Å². The molecule has 0 aromatic heterocycles. The number of aliphatic hydroxyl groups is 1. The Morgan fingerprint density at radius 2 is 1.94 bits per heavy atom. The molecule has 2 N–H and O–H groups in total. The molecule has 18 heavy (non-hydrogen) atoms. The predicted octanol–water partition coefficient (Wildman–Crippen LogP) is 2.40. The summed E-state index contributed by atoms with van der Waals surface area (Å²) >= 11 is 0. The van der Waals surface area contributed by atoms with Gasteiger partial charge >= 0.3 is 5.97 Å². The first-order valence-corrected chi connectivity index (χ1v) is 5.68. The standard InChI is InChI=1S/C15H14O3/c16-14(17)15(18)10-8-13(9-11-15)7-6-12-4-2-1-3-5-12/h1-10,18H,11H2,(H,16,17). The van der Waals surface area contributed by atoms with Gasteiger partial charge in [0.1, 0.15) is 0 Å². The molecule has 1 aromatic rings. The zero-order chi connectivity index (χ0) is 13.0. The van der Waals surface area contributed by atoms with Crippen LogP contribution in [0.25, 0.3) is 6.08 Å². The van der Waals surface area contributed by atoms with Crippen LogP contribution in [-0.2, 0) is 4.79 Å². The van der Waals surface area contributed by atoms with E-state index in [1.54, 1.807) is 12.2 Å². The molecule has 0 fully saturated rings. The average Bonchev–Trinajstić information content (AvgIpc) is 2.39. The van der Waals surface area contributed by atoms with E-state index in [1.165, 1.54) is 6.08 Å². The maximum atomic E-state index is 10.8.